The van der Waals surface area contributed by atoms with E-state index in [-0.39, 0.29) is 18.4 Å². The summed E-state index contributed by atoms with van der Waals surface area (Å²) < 4.78 is 0. The molecule has 0 rings (SSSR count). The highest BCUT2D eigenvalue weighted by atomic mass is 16.2. The van der Waals surface area contributed by atoms with Crippen LogP contribution < -0.4 is 16.8 Å². The van der Waals surface area contributed by atoms with E-state index in [9.17, 15) is 9.59 Å². The van der Waals surface area contributed by atoms with Crippen LogP contribution in [0.1, 0.15) is 26.2 Å². The van der Waals surface area contributed by atoms with Crippen molar-refractivity contribution in [2.45, 2.75) is 32.2 Å². The lowest BCUT2D eigenvalue weighted by Gasteiger charge is -2.11. The average Bonchev–Trinajstić information content (AvgIpc) is 1.98. The van der Waals surface area contributed by atoms with Crippen LogP contribution in [-0.2, 0) is 9.59 Å². The van der Waals surface area contributed by atoms with Crippen molar-refractivity contribution in [3.63, 3.8) is 0 Å². The molecule has 0 fully saturated rings. The predicted molar refractivity (Wildman–Crippen MR) is 49.7 cm³/mol. The molecule has 0 aliphatic rings. The summed E-state index contributed by atoms with van der Waals surface area (Å²) in [6, 6.07) is -0.192. The highest BCUT2D eigenvalue weighted by Gasteiger charge is 2.08. The van der Waals surface area contributed by atoms with Crippen molar-refractivity contribution in [1.29, 1.82) is 0 Å². The maximum atomic E-state index is 11.1. The molecule has 0 radical (unpaired) electrons. The van der Waals surface area contributed by atoms with Crippen LogP contribution in [0.4, 0.5) is 0 Å². The minimum atomic E-state index is -0.411. The molecule has 0 saturated heterocycles. The molecule has 0 heterocycles. The highest BCUT2D eigenvalue weighted by molar-refractivity contribution is 5.78. The van der Waals surface area contributed by atoms with E-state index in [0.29, 0.717) is 19.4 Å². The number of rotatable bonds is 6. The average molecular weight is 187 g/mol. The van der Waals surface area contributed by atoms with Gasteiger partial charge in [-0.1, -0.05) is 0 Å². The van der Waals surface area contributed by atoms with E-state index in [1.54, 1.807) is 6.92 Å². The third kappa shape index (κ3) is 7.27. The molecule has 5 N–H and O–H groups in total. The Morgan fingerprint density at radius 1 is 1.46 bits per heavy atom. The van der Waals surface area contributed by atoms with E-state index in [1.807, 2.05) is 0 Å². The number of hydrogen-bond donors (Lipinski definition) is 3. The van der Waals surface area contributed by atoms with E-state index in [2.05, 4.69) is 5.32 Å². The molecule has 13 heavy (non-hydrogen) atoms. The number of carbonyl (C=O) groups excluding carboxylic acids is 2. The second kappa shape index (κ2) is 6.42. The normalized spacial score (nSPS) is 12.2. The lowest BCUT2D eigenvalue weighted by Crippen LogP contribution is -2.35. The summed E-state index contributed by atoms with van der Waals surface area (Å²) in [5, 5.41) is 2.65. The summed E-state index contributed by atoms with van der Waals surface area (Å²) >= 11 is 0. The largest absolute Gasteiger partial charge is 0.370 e. The first-order valence-electron chi connectivity index (χ1n) is 4.34. The number of primary amides is 1. The third-order valence-electron chi connectivity index (χ3n) is 1.52. The molecule has 0 bridgehead atoms. The highest BCUT2D eigenvalue weighted by Crippen LogP contribution is 1.92. The zero-order valence-electron chi connectivity index (χ0n) is 7.88. The molecule has 1 unspecified atom stereocenters. The van der Waals surface area contributed by atoms with Gasteiger partial charge in [-0.15, -0.1) is 0 Å². The Morgan fingerprint density at radius 3 is 2.54 bits per heavy atom. The number of carbonyl (C=O) groups is 2. The Kier molecular flexibility index (Phi) is 5.88. The van der Waals surface area contributed by atoms with Gasteiger partial charge in [0, 0.05) is 18.9 Å². The molecule has 0 aliphatic carbocycles. The van der Waals surface area contributed by atoms with Crippen LogP contribution in [0.2, 0.25) is 0 Å². The van der Waals surface area contributed by atoms with Crippen molar-refractivity contribution in [2.75, 3.05) is 6.54 Å². The van der Waals surface area contributed by atoms with Gasteiger partial charge in [-0.25, -0.2) is 0 Å². The summed E-state index contributed by atoms with van der Waals surface area (Å²) in [7, 11) is 0. The first kappa shape index (κ1) is 11.9. The van der Waals surface area contributed by atoms with Gasteiger partial charge >= 0.3 is 0 Å². The molecule has 0 aromatic carbocycles. The molecule has 0 aliphatic heterocycles. The lowest BCUT2D eigenvalue weighted by molar-refractivity contribution is -0.122. The minimum Gasteiger partial charge on any atom is -0.370 e. The van der Waals surface area contributed by atoms with Crippen molar-refractivity contribution in [2.24, 2.45) is 11.5 Å². The van der Waals surface area contributed by atoms with Gasteiger partial charge in [0.1, 0.15) is 0 Å². The van der Waals surface area contributed by atoms with Gasteiger partial charge in [0.05, 0.1) is 0 Å². The molecule has 1 atom stereocenters. The van der Waals surface area contributed by atoms with Gasteiger partial charge in [0.2, 0.25) is 11.8 Å². The maximum Gasteiger partial charge on any atom is 0.220 e. The standard InChI is InChI=1S/C8H17N3O2/c1-6(5-7(10)12)11-8(13)3-2-4-9/h6H,2-5,9H2,1H3,(H2,10,12)(H,11,13). The maximum absolute atomic E-state index is 11.1. The second-order valence-electron chi connectivity index (χ2n) is 3.03. The SMILES string of the molecule is CC(CC(N)=O)NC(=O)CCCN. The van der Waals surface area contributed by atoms with Crippen LogP contribution in [0.15, 0.2) is 0 Å². The van der Waals surface area contributed by atoms with E-state index in [0.717, 1.165) is 0 Å². The zero-order valence-corrected chi connectivity index (χ0v) is 7.88. The van der Waals surface area contributed by atoms with Gasteiger partial charge in [-0.05, 0) is 19.9 Å². The molecular formula is C8H17N3O2. The van der Waals surface area contributed by atoms with Gasteiger partial charge in [-0.3, -0.25) is 9.59 Å². The van der Waals surface area contributed by atoms with Crippen molar-refractivity contribution < 1.29 is 9.59 Å². The monoisotopic (exact) mass is 187 g/mol. The van der Waals surface area contributed by atoms with Crippen molar-refractivity contribution >= 4 is 11.8 Å². The Hall–Kier alpha value is -1.10. The quantitative estimate of drug-likeness (QED) is 0.503. The van der Waals surface area contributed by atoms with Gasteiger partial charge < -0.3 is 16.8 Å². The number of nitrogens with two attached hydrogens (primary N) is 2. The third-order valence-corrected chi connectivity index (χ3v) is 1.52. The van der Waals surface area contributed by atoms with Gasteiger partial charge in [0.25, 0.3) is 0 Å². The Bertz CT molecular complexity index is 182. The topological polar surface area (TPSA) is 98.2 Å². The Labute approximate surface area is 77.8 Å². The zero-order chi connectivity index (χ0) is 10.3. The van der Waals surface area contributed by atoms with E-state index in [4.69, 9.17) is 11.5 Å². The number of amides is 2. The van der Waals surface area contributed by atoms with E-state index < -0.39 is 5.91 Å². The van der Waals surface area contributed by atoms with Crippen LogP contribution in [0.25, 0.3) is 0 Å². The summed E-state index contributed by atoms with van der Waals surface area (Å²) in [6.45, 7) is 2.24. The first-order valence-corrected chi connectivity index (χ1v) is 4.34. The summed E-state index contributed by atoms with van der Waals surface area (Å²) in [6.07, 6.45) is 1.24. The Morgan fingerprint density at radius 2 is 2.08 bits per heavy atom. The van der Waals surface area contributed by atoms with E-state index in [1.165, 1.54) is 0 Å². The fourth-order valence-corrected chi connectivity index (χ4v) is 0.962. The van der Waals surface area contributed by atoms with E-state index >= 15 is 0 Å². The van der Waals surface area contributed by atoms with Crippen LogP contribution in [0.5, 0.6) is 0 Å². The van der Waals surface area contributed by atoms with Crippen LogP contribution in [-0.4, -0.2) is 24.4 Å². The minimum absolute atomic E-state index is 0.0841. The smallest absolute Gasteiger partial charge is 0.220 e. The van der Waals surface area contributed by atoms with Crippen molar-refractivity contribution in [3.05, 3.63) is 0 Å². The van der Waals surface area contributed by atoms with Crippen LogP contribution >= 0.6 is 0 Å². The van der Waals surface area contributed by atoms with Crippen LogP contribution in [0, 0.1) is 0 Å². The molecule has 5 nitrogen and oxygen atoms in total. The van der Waals surface area contributed by atoms with Gasteiger partial charge in [-0.2, -0.15) is 0 Å². The molecule has 0 saturated carbocycles. The number of nitrogens with one attached hydrogen (secondary N) is 1. The lowest BCUT2D eigenvalue weighted by atomic mass is 10.2. The molecular weight excluding hydrogens is 170 g/mol. The van der Waals surface area contributed by atoms with Gasteiger partial charge in [0.15, 0.2) is 0 Å². The van der Waals surface area contributed by atoms with Crippen molar-refractivity contribution in [1.82, 2.24) is 5.32 Å². The molecule has 0 aromatic rings. The first-order chi connectivity index (χ1) is 6.06. The second-order valence-corrected chi connectivity index (χ2v) is 3.03. The summed E-state index contributed by atoms with van der Waals surface area (Å²) in [5.41, 5.74) is 10.2. The molecule has 76 valence electrons. The fourth-order valence-electron chi connectivity index (χ4n) is 0.962. The summed E-state index contributed by atoms with van der Waals surface area (Å²) in [5.74, 6) is -0.495. The molecule has 5 heteroatoms. The molecule has 0 spiro atoms. The fraction of sp³-hybridized carbons (Fsp3) is 0.750. The number of hydrogen-bond acceptors (Lipinski definition) is 3. The summed E-state index contributed by atoms with van der Waals surface area (Å²) in [4.78, 5) is 21.5. The Balaban J connectivity index is 3.59. The van der Waals surface area contributed by atoms with Crippen LogP contribution in [0.3, 0.4) is 0 Å². The van der Waals surface area contributed by atoms with Crippen molar-refractivity contribution in [3.8, 4) is 0 Å². The molecule has 2 amide bonds. The molecule has 0 aromatic heterocycles. The predicted octanol–water partition coefficient (Wildman–Crippen LogP) is -0.895.